The fourth-order valence-electron chi connectivity index (χ4n) is 2.76. The summed E-state index contributed by atoms with van der Waals surface area (Å²) >= 11 is 6.12. The topological polar surface area (TPSA) is 96.6 Å². The first-order chi connectivity index (χ1) is 11.9. The number of nitrogens with zero attached hydrogens (tertiary/aromatic N) is 4. The van der Waals surface area contributed by atoms with Gasteiger partial charge in [0.1, 0.15) is 0 Å². The Morgan fingerprint density at radius 1 is 1.12 bits per heavy atom. The summed E-state index contributed by atoms with van der Waals surface area (Å²) in [4.78, 5) is 16.1. The number of anilines is 1. The second kappa shape index (κ2) is 6.95. The van der Waals surface area contributed by atoms with Crippen LogP contribution in [-0.4, -0.2) is 48.8 Å². The fourth-order valence-corrected chi connectivity index (χ4v) is 4.58. The lowest BCUT2D eigenvalue weighted by Crippen LogP contribution is -2.48. The van der Waals surface area contributed by atoms with Gasteiger partial charge in [-0.15, -0.1) is 0 Å². The molecular weight excluding hydrogens is 368 g/mol. The van der Waals surface area contributed by atoms with E-state index in [0.717, 1.165) is 5.69 Å². The first-order valence-electron chi connectivity index (χ1n) is 7.49. The van der Waals surface area contributed by atoms with Crippen LogP contribution >= 0.6 is 11.6 Å². The molecule has 1 aliphatic rings. The van der Waals surface area contributed by atoms with E-state index in [1.54, 1.807) is 12.3 Å². The van der Waals surface area contributed by atoms with Crippen molar-refractivity contribution in [2.75, 3.05) is 31.1 Å². The Hall–Kier alpha value is -2.23. The molecule has 25 heavy (non-hydrogen) atoms. The van der Waals surface area contributed by atoms with Crippen LogP contribution in [0, 0.1) is 10.1 Å². The summed E-state index contributed by atoms with van der Waals surface area (Å²) < 4.78 is 26.8. The van der Waals surface area contributed by atoms with E-state index in [-0.39, 0.29) is 18.0 Å². The van der Waals surface area contributed by atoms with Crippen LogP contribution in [0.4, 0.5) is 11.4 Å². The van der Waals surface area contributed by atoms with Crippen molar-refractivity contribution in [3.8, 4) is 0 Å². The number of hydrogen-bond acceptors (Lipinski definition) is 6. The molecule has 0 saturated carbocycles. The maximum Gasteiger partial charge on any atom is 0.289 e. The summed E-state index contributed by atoms with van der Waals surface area (Å²) in [5.74, 6) is 0. The van der Waals surface area contributed by atoms with Gasteiger partial charge in [-0.2, -0.15) is 4.31 Å². The zero-order chi connectivity index (χ0) is 18.0. The molecule has 3 rings (SSSR count). The van der Waals surface area contributed by atoms with Crippen molar-refractivity contribution < 1.29 is 13.3 Å². The third kappa shape index (κ3) is 3.44. The molecule has 1 aliphatic heterocycles. The van der Waals surface area contributed by atoms with Gasteiger partial charge in [0.2, 0.25) is 10.0 Å². The maximum atomic E-state index is 12.8. The Morgan fingerprint density at radius 3 is 2.44 bits per heavy atom. The number of halogens is 1. The number of benzene rings is 1. The molecule has 132 valence electrons. The first-order valence-corrected chi connectivity index (χ1v) is 9.31. The molecule has 1 aromatic heterocycles. The van der Waals surface area contributed by atoms with Crippen molar-refractivity contribution in [1.82, 2.24) is 9.29 Å². The summed E-state index contributed by atoms with van der Waals surface area (Å²) in [6.45, 7) is 1.30. The van der Waals surface area contributed by atoms with Gasteiger partial charge in [0, 0.05) is 44.6 Å². The van der Waals surface area contributed by atoms with Crippen LogP contribution in [0.5, 0.6) is 0 Å². The number of sulfonamides is 1. The van der Waals surface area contributed by atoms with Crippen molar-refractivity contribution >= 4 is 33.0 Å². The second-order valence-corrected chi connectivity index (χ2v) is 7.76. The van der Waals surface area contributed by atoms with E-state index in [1.165, 1.54) is 34.8 Å². The van der Waals surface area contributed by atoms with Gasteiger partial charge < -0.3 is 4.90 Å². The van der Waals surface area contributed by atoms with Gasteiger partial charge in [-0.25, -0.2) is 8.42 Å². The van der Waals surface area contributed by atoms with Gasteiger partial charge in [-0.3, -0.25) is 15.1 Å². The van der Waals surface area contributed by atoms with Crippen molar-refractivity contribution in [3.63, 3.8) is 0 Å². The molecule has 0 amide bonds. The monoisotopic (exact) mass is 382 g/mol. The molecule has 8 nitrogen and oxygen atoms in total. The standard InChI is InChI=1S/C15H15ClN4O4S/c16-12-11-17-6-5-13(12)18-7-9-19(10-8-18)25(23,24)15-4-2-1-3-14(15)20(21)22/h1-6,11H,7-10H2. The molecule has 10 heteroatoms. The number of nitro groups is 1. The average Bonchev–Trinajstić information content (AvgIpc) is 2.62. The number of pyridine rings is 1. The van der Waals surface area contributed by atoms with Crippen molar-refractivity contribution in [2.45, 2.75) is 4.90 Å². The van der Waals surface area contributed by atoms with Crippen LogP contribution in [0.2, 0.25) is 5.02 Å². The molecule has 2 heterocycles. The number of rotatable bonds is 4. The van der Waals surface area contributed by atoms with Crippen LogP contribution in [0.1, 0.15) is 0 Å². The molecule has 1 fully saturated rings. The van der Waals surface area contributed by atoms with Crippen LogP contribution in [0.25, 0.3) is 0 Å². The van der Waals surface area contributed by atoms with E-state index < -0.39 is 20.6 Å². The number of nitro benzene ring substituents is 1. The quantitative estimate of drug-likeness (QED) is 0.593. The van der Waals surface area contributed by atoms with E-state index in [1.807, 2.05) is 4.90 Å². The van der Waals surface area contributed by atoms with Crippen molar-refractivity contribution in [2.24, 2.45) is 0 Å². The van der Waals surface area contributed by atoms with Gasteiger partial charge in [0.05, 0.1) is 15.6 Å². The van der Waals surface area contributed by atoms with Crippen molar-refractivity contribution in [3.05, 3.63) is 57.9 Å². The predicted octanol–water partition coefficient (Wildman–Crippen LogP) is 2.15. The summed E-state index contributed by atoms with van der Waals surface area (Å²) in [5, 5.41) is 11.6. The highest BCUT2D eigenvalue weighted by atomic mass is 35.5. The molecule has 0 bridgehead atoms. The highest BCUT2D eigenvalue weighted by Gasteiger charge is 2.33. The van der Waals surface area contributed by atoms with Gasteiger partial charge in [0.15, 0.2) is 4.90 Å². The molecule has 0 spiro atoms. The van der Waals surface area contributed by atoms with Gasteiger partial charge in [0.25, 0.3) is 5.69 Å². The summed E-state index contributed by atoms with van der Waals surface area (Å²) in [6, 6.07) is 7.15. The molecule has 0 atom stereocenters. The van der Waals surface area contributed by atoms with Crippen LogP contribution < -0.4 is 4.90 Å². The predicted molar refractivity (Wildman–Crippen MR) is 93.3 cm³/mol. The first kappa shape index (κ1) is 17.6. The Labute approximate surface area is 149 Å². The fraction of sp³-hybridized carbons (Fsp3) is 0.267. The smallest absolute Gasteiger partial charge is 0.289 e. The van der Waals surface area contributed by atoms with E-state index in [2.05, 4.69) is 4.98 Å². The lowest BCUT2D eigenvalue weighted by atomic mass is 10.3. The Balaban J connectivity index is 1.81. The number of hydrogen-bond donors (Lipinski definition) is 0. The lowest BCUT2D eigenvalue weighted by molar-refractivity contribution is -0.387. The molecular formula is C15H15ClN4O4S. The van der Waals surface area contributed by atoms with Crippen LogP contribution in [0.15, 0.2) is 47.6 Å². The van der Waals surface area contributed by atoms with Crippen molar-refractivity contribution in [1.29, 1.82) is 0 Å². The minimum Gasteiger partial charge on any atom is -0.368 e. The van der Waals surface area contributed by atoms with E-state index in [4.69, 9.17) is 11.6 Å². The second-order valence-electron chi connectivity index (χ2n) is 5.44. The summed E-state index contributed by atoms with van der Waals surface area (Å²) in [5.41, 5.74) is 0.376. The Kier molecular flexibility index (Phi) is 4.89. The zero-order valence-electron chi connectivity index (χ0n) is 13.1. The third-order valence-electron chi connectivity index (χ3n) is 4.01. The molecule has 0 aliphatic carbocycles. The summed E-state index contributed by atoms with van der Waals surface area (Å²) in [7, 11) is -3.93. The molecule has 2 aromatic rings. The highest BCUT2D eigenvalue weighted by molar-refractivity contribution is 7.89. The molecule has 0 N–H and O–H groups in total. The molecule has 0 unspecified atom stereocenters. The average molecular weight is 383 g/mol. The van der Waals surface area contributed by atoms with Gasteiger partial charge in [-0.05, 0) is 12.1 Å². The van der Waals surface area contributed by atoms with E-state index >= 15 is 0 Å². The largest absolute Gasteiger partial charge is 0.368 e. The lowest BCUT2D eigenvalue weighted by Gasteiger charge is -2.35. The van der Waals surface area contributed by atoms with E-state index in [9.17, 15) is 18.5 Å². The van der Waals surface area contributed by atoms with Gasteiger partial charge >= 0.3 is 0 Å². The SMILES string of the molecule is O=[N+]([O-])c1ccccc1S(=O)(=O)N1CCN(c2ccncc2Cl)CC1. The summed E-state index contributed by atoms with van der Waals surface area (Å²) in [6.07, 6.45) is 3.16. The van der Waals surface area contributed by atoms with E-state index in [0.29, 0.717) is 18.1 Å². The minimum atomic E-state index is -3.93. The Bertz CT molecular complexity index is 898. The number of aromatic nitrogens is 1. The molecule has 1 aromatic carbocycles. The molecule has 0 radical (unpaired) electrons. The third-order valence-corrected chi connectivity index (χ3v) is 6.25. The number of piperazine rings is 1. The van der Waals surface area contributed by atoms with Crippen LogP contribution in [-0.2, 0) is 10.0 Å². The highest BCUT2D eigenvalue weighted by Crippen LogP contribution is 2.29. The minimum absolute atomic E-state index is 0.215. The number of para-hydroxylation sites is 1. The van der Waals surface area contributed by atoms with Gasteiger partial charge in [-0.1, -0.05) is 23.7 Å². The zero-order valence-corrected chi connectivity index (χ0v) is 14.7. The van der Waals surface area contributed by atoms with Crippen LogP contribution in [0.3, 0.4) is 0 Å². The molecule has 1 saturated heterocycles. The normalized spacial score (nSPS) is 16.0. The Morgan fingerprint density at radius 2 is 1.80 bits per heavy atom. The maximum absolute atomic E-state index is 12.8.